The maximum absolute atomic E-state index is 12.7. The second-order valence-corrected chi connectivity index (χ2v) is 13.1. The number of carbonyl (C=O) groups excluding carboxylic acids is 2. The van der Waals surface area contributed by atoms with Gasteiger partial charge in [0.25, 0.3) is 0 Å². The number of hydrogen-bond donors (Lipinski definition) is 1. The van der Waals surface area contributed by atoms with E-state index in [0.29, 0.717) is 18.4 Å². The molecule has 3 aromatic rings. The Morgan fingerprint density at radius 1 is 0.809 bits per heavy atom. The van der Waals surface area contributed by atoms with E-state index in [2.05, 4.69) is 13.0 Å². The lowest BCUT2D eigenvalue weighted by Crippen LogP contribution is -2.29. The molecule has 5 atom stereocenters. The summed E-state index contributed by atoms with van der Waals surface area (Å²) >= 11 is 0. The molecule has 0 radical (unpaired) electrons. The van der Waals surface area contributed by atoms with Crippen LogP contribution in [0.3, 0.4) is 0 Å². The van der Waals surface area contributed by atoms with Crippen molar-refractivity contribution in [1.29, 1.82) is 0 Å². The lowest BCUT2D eigenvalue weighted by atomic mass is 9.73. The summed E-state index contributed by atoms with van der Waals surface area (Å²) in [7, 11) is 0. The van der Waals surface area contributed by atoms with Crippen molar-refractivity contribution >= 4 is 11.9 Å². The van der Waals surface area contributed by atoms with Crippen molar-refractivity contribution in [1.82, 2.24) is 0 Å². The third kappa shape index (κ3) is 10.4. The summed E-state index contributed by atoms with van der Waals surface area (Å²) in [5.41, 5.74) is 4.32. The van der Waals surface area contributed by atoms with Gasteiger partial charge in [0.2, 0.25) is 0 Å². The fourth-order valence-electron chi connectivity index (χ4n) is 7.34. The molecule has 252 valence electrons. The van der Waals surface area contributed by atoms with Crippen LogP contribution in [0.25, 0.3) is 0 Å². The van der Waals surface area contributed by atoms with Gasteiger partial charge in [-0.1, -0.05) is 99.0 Å². The smallest absolute Gasteiger partial charge is 0.344 e. The van der Waals surface area contributed by atoms with E-state index in [9.17, 15) is 14.7 Å². The maximum Gasteiger partial charge on any atom is 0.344 e. The first kappa shape index (κ1) is 34.6. The van der Waals surface area contributed by atoms with Crippen molar-refractivity contribution in [2.45, 2.75) is 96.6 Å². The molecule has 4 unspecified atom stereocenters. The average Bonchev–Trinajstić information content (AvgIpc) is 3.40. The minimum absolute atomic E-state index is 0.0664. The Kier molecular flexibility index (Phi) is 13.3. The summed E-state index contributed by atoms with van der Waals surface area (Å²) in [5.74, 6) is 0.850. The van der Waals surface area contributed by atoms with E-state index in [1.807, 2.05) is 72.8 Å². The zero-order chi connectivity index (χ0) is 32.8. The first-order valence-corrected chi connectivity index (χ1v) is 17.4. The normalized spacial score (nSPS) is 20.6. The fraction of sp³-hybridized carbons (Fsp3) is 0.500. The molecule has 0 spiro atoms. The zero-order valence-corrected chi connectivity index (χ0v) is 27.7. The number of aliphatic hydroxyl groups excluding tert-OH is 1. The standard InChI is InChI=1S/C40H50O7/c1-2-3-4-11-18-33(47-40(43)27-44-25-29-13-7-5-8-14-29)20-21-34-35-22-31-17-12-19-38(36(31)23-32(35)24-37(34)41)45-28-39(42)46-26-30-15-9-6-10-16-30/h5-10,12-17,19,32-35,37,41H,2-4,11,18,20-28H2,1H3/t32?,33?,34?,35?,37-/m1/s1. The van der Waals surface area contributed by atoms with Crippen LogP contribution in [-0.4, -0.2) is 42.5 Å². The quantitative estimate of drug-likeness (QED) is 0.114. The van der Waals surface area contributed by atoms with Crippen LogP contribution in [0.1, 0.15) is 80.5 Å². The molecule has 47 heavy (non-hydrogen) atoms. The van der Waals surface area contributed by atoms with Crippen molar-refractivity contribution in [2.75, 3.05) is 13.2 Å². The minimum atomic E-state index is -0.399. The van der Waals surface area contributed by atoms with Gasteiger partial charge >= 0.3 is 11.9 Å². The number of aliphatic hydroxyl groups is 1. The number of esters is 2. The molecule has 7 heteroatoms. The third-order valence-electron chi connectivity index (χ3n) is 9.77. The van der Waals surface area contributed by atoms with Gasteiger partial charge in [0.1, 0.15) is 25.1 Å². The highest BCUT2D eigenvalue weighted by molar-refractivity contribution is 5.71. The van der Waals surface area contributed by atoms with Gasteiger partial charge in [-0.15, -0.1) is 0 Å². The number of unbranched alkanes of at least 4 members (excludes halogenated alkanes) is 3. The Labute approximate surface area is 279 Å². The van der Waals surface area contributed by atoms with Gasteiger partial charge in [-0.3, -0.25) is 0 Å². The lowest BCUT2D eigenvalue weighted by molar-refractivity contribution is -0.156. The molecule has 1 saturated carbocycles. The highest BCUT2D eigenvalue weighted by atomic mass is 16.6. The van der Waals surface area contributed by atoms with Gasteiger partial charge in [-0.2, -0.15) is 0 Å². The van der Waals surface area contributed by atoms with E-state index in [1.165, 1.54) is 12.0 Å². The molecule has 1 fully saturated rings. The summed E-state index contributed by atoms with van der Waals surface area (Å²) in [6, 6.07) is 25.5. The highest BCUT2D eigenvalue weighted by Gasteiger charge is 2.45. The van der Waals surface area contributed by atoms with Crippen molar-refractivity contribution in [3.05, 3.63) is 101 Å². The topological polar surface area (TPSA) is 91.3 Å². The Balaban J connectivity index is 1.13. The Hall–Kier alpha value is -3.68. The van der Waals surface area contributed by atoms with Crippen LogP contribution < -0.4 is 4.74 Å². The highest BCUT2D eigenvalue weighted by Crippen LogP contribution is 2.48. The molecule has 7 nitrogen and oxygen atoms in total. The largest absolute Gasteiger partial charge is 0.482 e. The Morgan fingerprint density at radius 3 is 2.30 bits per heavy atom. The summed E-state index contributed by atoms with van der Waals surface area (Å²) in [4.78, 5) is 25.2. The first-order chi connectivity index (χ1) is 23.0. The van der Waals surface area contributed by atoms with Gasteiger partial charge in [0, 0.05) is 0 Å². The second kappa shape index (κ2) is 18.0. The molecule has 0 heterocycles. The van der Waals surface area contributed by atoms with Crippen molar-refractivity contribution in [3.8, 4) is 5.75 Å². The lowest BCUT2D eigenvalue weighted by Gasteiger charge is -2.32. The maximum atomic E-state index is 12.7. The molecular formula is C40H50O7. The third-order valence-corrected chi connectivity index (χ3v) is 9.77. The summed E-state index contributed by atoms with van der Waals surface area (Å²) in [6.07, 6.45) is 8.72. The van der Waals surface area contributed by atoms with E-state index >= 15 is 0 Å². The van der Waals surface area contributed by atoms with Crippen LogP contribution in [0, 0.1) is 17.8 Å². The van der Waals surface area contributed by atoms with E-state index in [4.69, 9.17) is 18.9 Å². The molecule has 5 rings (SSSR count). The van der Waals surface area contributed by atoms with Crippen LogP contribution in [-0.2, 0) is 49.9 Å². The van der Waals surface area contributed by atoms with Gasteiger partial charge in [-0.25, -0.2) is 9.59 Å². The molecule has 2 aliphatic carbocycles. The average molecular weight is 643 g/mol. The molecule has 0 bridgehead atoms. The number of rotatable bonds is 18. The Morgan fingerprint density at radius 2 is 1.55 bits per heavy atom. The van der Waals surface area contributed by atoms with Crippen LogP contribution in [0.4, 0.5) is 0 Å². The number of hydrogen-bond acceptors (Lipinski definition) is 7. The van der Waals surface area contributed by atoms with Crippen molar-refractivity contribution < 1.29 is 33.6 Å². The molecule has 1 N–H and O–H groups in total. The zero-order valence-electron chi connectivity index (χ0n) is 27.7. The second-order valence-electron chi connectivity index (χ2n) is 13.1. The van der Waals surface area contributed by atoms with Crippen LogP contribution in [0.15, 0.2) is 78.9 Å². The SMILES string of the molecule is CCCCCCC(CCC1C2Cc3cccc(OCC(=O)OCc4ccccc4)c3CC2C[C@H]1O)OC(=O)COCc1ccccc1. The predicted octanol–water partition coefficient (Wildman–Crippen LogP) is 7.40. The van der Waals surface area contributed by atoms with E-state index in [-0.39, 0.29) is 43.9 Å². The molecule has 0 amide bonds. The van der Waals surface area contributed by atoms with Gasteiger partial charge in [0.15, 0.2) is 6.61 Å². The number of fused-ring (bicyclic) bond motifs is 2. The number of benzene rings is 3. The number of carbonyl (C=O) groups is 2. The van der Waals surface area contributed by atoms with Gasteiger partial charge in [0.05, 0.1) is 12.7 Å². The van der Waals surface area contributed by atoms with Gasteiger partial charge < -0.3 is 24.1 Å². The molecule has 3 aromatic carbocycles. The predicted molar refractivity (Wildman–Crippen MR) is 181 cm³/mol. The van der Waals surface area contributed by atoms with Crippen LogP contribution >= 0.6 is 0 Å². The van der Waals surface area contributed by atoms with Crippen molar-refractivity contribution in [2.24, 2.45) is 17.8 Å². The molecule has 0 aliphatic heterocycles. The minimum Gasteiger partial charge on any atom is -0.482 e. The van der Waals surface area contributed by atoms with Crippen LogP contribution in [0.2, 0.25) is 0 Å². The molecular weight excluding hydrogens is 592 g/mol. The molecule has 0 aromatic heterocycles. The monoisotopic (exact) mass is 642 g/mol. The first-order valence-electron chi connectivity index (χ1n) is 17.4. The summed E-state index contributed by atoms with van der Waals surface area (Å²) in [5, 5.41) is 11.2. The number of ether oxygens (including phenoxy) is 4. The summed E-state index contributed by atoms with van der Waals surface area (Å²) < 4.78 is 23.0. The molecule has 2 aliphatic rings. The summed E-state index contributed by atoms with van der Waals surface area (Å²) in [6.45, 7) is 2.58. The van der Waals surface area contributed by atoms with E-state index in [1.54, 1.807) is 0 Å². The molecule has 0 saturated heterocycles. The van der Waals surface area contributed by atoms with Crippen LogP contribution in [0.5, 0.6) is 5.75 Å². The van der Waals surface area contributed by atoms with Gasteiger partial charge in [-0.05, 0) is 91.0 Å². The fourth-order valence-corrected chi connectivity index (χ4v) is 7.34. The Bertz CT molecular complexity index is 1390. The van der Waals surface area contributed by atoms with Crippen molar-refractivity contribution in [3.63, 3.8) is 0 Å². The van der Waals surface area contributed by atoms with E-state index < -0.39 is 5.97 Å². The van der Waals surface area contributed by atoms with E-state index in [0.717, 1.165) is 80.2 Å².